The summed E-state index contributed by atoms with van der Waals surface area (Å²) in [7, 11) is 0. The van der Waals surface area contributed by atoms with Crippen molar-refractivity contribution in [3.05, 3.63) is 40.0 Å². The number of nitrogens with two attached hydrogens (primary N) is 1. The van der Waals surface area contributed by atoms with Crippen molar-refractivity contribution in [1.29, 1.82) is 0 Å². The summed E-state index contributed by atoms with van der Waals surface area (Å²) >= 11 is 11.9. The van der Waals surface area contributed by atoms with Crippen LogP contribution in [0.15, 0.2) is 24.3 Å². The fourth-order valence-electron chi connectivity index (χ4n) is 1.31. The maximum atomic E-state index is 6.00. The summed E-state index contributed by atoms with van der Waals surface area (Å²) in [5.74, 6) is 0. The van der Waals surface area contributed by atoms with Crippen molar-refractivity contribution in [1.82, 2.24) is 4.98 Å². The van der Waals surface area contributed by atoms with Crippen LogP contribution in [0.4, 0.5) is 0 Å². The normalized spacial score (nSPS) is 10.8. The van der Waals surface area contributed by atoms with Gasteiger partial charge in [0, 0.05) is 17.0 Å². The van der Waals surface area contributed by atoms with E-state index >= 15 is 0 Å². The molecule has 1 aromatic heterocycles. The smallest absolute Gasteiger partial charge is 0.0893 e. The van der Waals surface area contributed by atoms with Gasteiger partial charge in [-0.3, -0.25) is 0 Å². The van der Waals surface area contributed by atoms with E-state index in [0.717, 1.165) is 16.6 Å². The molecule has 0 fully saturated rings. The third kappa shape index (κ3) is 1.69. The molecule has 1 heterocycles. The van der Waals surface area contributed by atoms with E-state index in [0.29, 0.717) is 16.6 Å². The van der Waals surface area contributed by atoms with Crippen LogP contribution >= 0.6 is 23.2 Å². The average Bonchev–Trinajstić information content (AvgIpc) is 2.17. The third-order valence-corrected chi connectivity index (χ3v) is 2.48. The van der Waals surface area contributed by atoms with E-state index in [1.807, 2.05) is 18.2 Å². The molecule has 4 heteroatoms. The first-order chi connectivity index (χ1) is 6.70. The first-order valence-electron chi connectivity index (χ1n) is 4.15. The van der Waals surface area contributed by atoms with Crippen molar-refractivity contribution in [2.24, 2.45) is 5.73 Å². The number of aromatic nitrogens is 1. The van der Waals surface area contributed by atoms with Gasteiger partial charge in [-0.25, -0.2) is 4.98 Å². The predicted molar refractivity (Wildman–Crippen MR) is 59.7 cm³/mol. The molecular formula is C10H8Cl2N2. The predicted octanol–water partition coefficient (Wildman–Crippen LogP) is 3.00. The molecule has 2 aromatic rings. The Morgan fingerprint density at radius 2 is 2.00 bits per heavy atom. The number of rotatable bonds is 1. The Hall–Kier alpha value is -0.830. The van der Waals surface area contributed by atoms with Crippen molar-refractivity contribution in [2.75, 3.05) is 0 Å². The number of fused-ring (bicyclic) bond motifs is 1. The van der Waals surface area contributed by atoms with Gasteiger partial charge in [-0.05, 0) is 18.2 Å². The molecule has 0 radical (unpaired) electrons. The molecule has 0 aliphatic rings. The second-order valence-electron chi connectivity index (χ2n) is 2.97. The zero-order valence-corrected chi connectivity index (χ0v) is 8.81. The lowest BCUT2D eigenvalue weighted by Crippen LogP contribution is -1.99. The summed E-state index contributed by atoms with van der Waals surface area (Å²) in [6.45, 7) is 0.412. The van der Waals surface area contributed by atoms with Crippen LogP contribution in [0.2, 0.25) is 10.0 Å². The van der Waals surface area contributed by atoms with E-state index in [4.69, 9.17) is 28.9 Å². The van der Waals surface area contributed by atoms with Gasteiger partial charge < -0.3 is 5.73 Å². The summed E-state index contributed by atoms with van der Waals surface area (Å²) in [5.41, 5.74) is 7.06. The van der Waals surface area contributed by atoms with Crippen molar-refractivity contribution < 1.29 is 0 Å². The van der Waals surface area contributed by atoms with E-state index < -0.39 is 0 Å². The highest BCUT2D eigenvalue weighted by molar-refractivity contribution is 6.38. The molecule has 0 bridgehead atoms. The summed E-state index contributed by atoms with van der Waals surface area (Å²) in [6.07, 6.45) is 0. The lowest BCUT2D eigenvalue weighted by atomic mass is 10.2. The van der Waals surface area contributed by atoms with Crippen LogP contribution in [0.1, 0.15) is 5.69 Å². The largest absolute Gasteiger partial charge is 0.325 e. The van der Waals surface area contributed by atoms with Gasteiger partial charge in [0.25, 0.3) is 0 Å². The van der Waals surface area contributed by atoms with Gasteiger partial charge >= 0.3 is 0 Å². The second-order valence-corrected chi connectivity index (χ2v) is 3.81. The molecule has 0 saturated heterocycles. The standard InChI is InChI=1S/C10H8Cl2N2/c11-7-3-6-1-2-8(5-13)14-10(6)9(12)4-7/h1-4H,5,13H2. The number of hydrogen-bond donors (Lipinski definition) is 1. The number of pyridine rings is 1. The average molecular weight is 227 g/mol. The molecule has 14 heavy (non-hydrogen) atoms. The summed E-state index contributed by atoms with van der Waals surface area (Å²) < 4.78 is 0. The highest BCUT2D eigenvalue weighted by Gasteiger charge is 2.03. The van der Waals surface area contributed by atoms with Crippen molar-refractivity contribution in [2.45, 2.75) is 6.54 Å². The lowest BCUT2D eigenvalue weighted by Gasteiger charge is -2.03. The van der Waals surface area contributed by atoms with Crippen LogP contribution in [0.5, 0.6) is 0 Å². The Morgan fingerprint density at radius 1 is 1.21 bits per heavy atom. The molecule has 0 amide bonds. The fraction of sp³-hybridized carbons (Fsp3) is 0.100. The summed E-state index contributed by atoms with van der Waals surface area (Å²) in [6, 6.07) is 7.30. The number of hydrogen-bond acceptors (Lipinski definition) is 2. The first-order valence-corrected chi connectivity index (χ1v) is 4.91. The highest BCUT2D eigenvalue weighted by atomic mass is 35.5. The van der Waals surface area contributed by atoms with Gasteiger partial charge in [-0.1, -0.05) is 29.3 Å². The lowest BCUT2D eigenvalue weighted by molar-refractivity contribution is 1.01. The SMILES string of the molecule is NCc1ccc2cc(Cl)cc(Cl)c2n1. The van der Waals surface area contributed by atoms with E-state index in [1.54, 1.807) is 6.07 Å². The van der Waals surface area contributed by atoms with Crippen LogP contribution < -0.4 is 5.73 Å². The molecule has 0 atom stereocenters. The Kier molecular flexibility index (Phi) is 2.59. The van der Waals surface area contributed by atoms with E-state index in [-0.39, 0.29) is 0 Å². The quantitative estimate of drug-likeness (QED) is 0.813. The zero-order chi connectivity index (χ0) is 10.1. The van der Waals surface area contributed by atoms with Crippen LogP contribution in [0.25, 0.3) is 10.9 Å². The molecule has 72 valence electrons. The molecule has 1 aromatic carbocycles. The van der Waals surface area contributed by atoms with E-state index in [2.05, 4.69) is 4.98 Å². The van der Waals surface area contributed by atoms with Gasteiger partial charge in [0.15, 0.2) is 0 Å². The van der Waals surface area contributed by atoms with Crippen molar-refractivity contribution in [3.8, 4) is 0 Å². The Balaban J connectivity index is 2.75. The van der Waals surface area contributed by atoms with Crippen molar-refractivity contribution in [3.63, 3.8) is 0 Å². The van der Waals surface area contributed by atoms with Crippen LogP contribution in [-0.2, 0) is 6.54 Å². The highest BCUT2D eigenvalue weighted by Crippen LogP contribution is 2.26. The third-order valence-electron chi connectivity index (χ3n) is 1.98. The first kappa shape index (κ1) is 9.71. The number of benzene rings is 1. The monoisotopic (exact) mass is 226 g/mol. The summed E-state index contributed by atoms with van der Waals surface area (Å²) in [5, 5.41) is 2.10. The van der Waals surface area contributed by atoms with E-state index in [9.17, 15) is 0 Å². The molecule has 2 nitrogen and oxygen atoms in total. The fourth-order valence-corrected chi connectivity index (χ4v) is 1.86. The topological polar surface area (TPSA) is 38.9 Å². The molecule has 2 N–H and O–H groups in total. The Labute approximate surface area is 91.6 Å². The van der Waals surface area contributed by atoms with Crippen LogP contribution in [0, 0.1) is 0 Å². The van der Waals surface area contributed by atoms with Gasteiger partial charge in [-0.2, -0.15) is 0 Å². The van der Waals surface area contributed by atoms with Crippen LogP contribution in [0.3, 0.4) is 0 Å². The number of nitrogens with zero attached hydrogens (tertiary/aromatic N) is 1. The van der Waals surface area contributed by atoms with Gasteiger partial charge in [0.2, 0.25) is 0 Å². The second kappa shape index (κ2) is 3.73. The Morgan fingerprint density at radius 3 is 2.71 bits per heavy atom. The molecule has 0 spiro atoms. The minimum absolute atomic E-state index is 0.412. The molecule has 0 aliphatic heterocycles. The van der Waals surface area contributed by atoms with Gasteiger partial charge in [-0.15, -0.1) is 0 Å². The molecule has 2 rings (SSSR count). The Bertz CT molecular complexity index is 483. The maximum Gasteiger partial charge on any atom is 0.0893 e. The zero-order valence-electron chi connectivity index (χ0n) is 7.30. The van der Waals surface area contributed by atoms with Gasteiger partial charge in [0.1, 0.15) is 0 Å². The van der Waals surface area contributed by atoms with Crippen molar-refractivity contribution >= 4 is 34.1 Å². The van der Waals surface area contributed by atoms with Gasteiger partial charge in [0.05, 0.1) is 16.2 Å². The molecule has 0 saturated carbocycles. The maximum absolute atomic E-state index is 6.00. The number of halogens is 2. The molecule has 0 aliphatic carbocycles. The minimum atomic E-state index is 0.412. The summed E-state index contributed by atoms with van der Waals surface area (Å²) in [4.78, 5) is 4.32. The minimum Gasteiger partial charge on any atom is -0.325 e. The molecule has 0 unspecified atom stereocenters. The van der Waals surface area contributed by atoms with E-state index in [1.165, 1.54) is 0 Å². The van der Waals surface area contributed by atoms with Crippen LogP contribution in [-0.4, -0.2) is 4.98 Å². The molecular weight excluding hydrogens is 219 g/mol.